The molecule has 0 aromatic heterocycles. The average Bonchev–Trinajstić information content (AvgIpc) is 3.20. The van der Waals surface area contributed by atoms with Crippen molar-refractivity contribution < 1.29 is 105 Å². The Balaban J connectivity index is -0.000000423. The van der Waals surface area contributed by atoms with E-state index in [2.05, 4.69) is 45.6 Å². The number of rotatable bonds is 28. The number of carbonyl (C=O) groups excluding carboxylic acids is 3. The van der Waals surface area contributed by atoms with Crippen LogP contribution in [0, 0.1) is 47.9 Å². The number of hydrazine groups is 1. The van der Waals surface area contributed by atoms with E-state index in [0.29, 0.717) is 12.8 Å². The molecule has 63 heavy (non-hydrogen) atoms. The zero-order valence-electron chi connectivity index (χ0n) is 35.2. The van der Waals surface area contributed by atoms with Crippen molar-refractivity contribution in [3.8, 4) is 47.9 Å². The zero-order chi connectivity index (χ0) is 47.9. The van der Waals surface area contributed by atoms with Crippen LogP contribution in [-0.2, 0) is 55.6 Å². The number of nitrogens with one attached hydrogen (secondary N) is 1. The summed E-state index contributed by atoms with van der Waals surface area (Å²) in [5.74, 6) is 17.8. The predicted octanol–water partition coefficient (Wildman–Crippen LogP) is 3.62. The Morgan fingerprint density at radius 3 is 1.60 bits per heavy atom. The van der Waals surface area contributed by atoms with Crippen LogP contribution in [0.25, 0.3) is 0 Å². The molecule has 25 heteroatoms. The molecule has 1 amide bonds. The lowest BCUT2D eigenvalue weighted by Gasteiger charge is -2.44. The molecule has 4 unspecified atom stereocenters. The molecule has 1 aliphatic carbocycles. The number of hydrogen-bond donors (Lipinski definition) is 10. The van der Waals surface area contributed by atoms with Gasteiger partial charge in [0.25, 0.3) is 0 Å². The third-order valence-electron chi connectivity index (χ3n) is 8.52. The molecule has 0 radical (unpaired) electrons. The minimum absolute atomic E-state index is 0. The van der Waals surface area contributed by atoms with Crippen LogP contribution in [0.5, 0.6) is 0 Å². The van der Waals surface area contributed by atoms with Gasteiger partial charge in [0.1, 0.15) is 43.2 Å². The Morgan fingerprint density at radius 2 is 1.13 bits per heavy atom. The van der Waals surface area contributed by atoms with E-state index < -0.39 is 91.3 Å². The molecule has 0 aliphatic heterocycles. The maximum atomic E-state index is 12.9. The number of unbranched alkanes of at least 4 members (excludes halogenated alkanes) is 12. The molecule has 0 bridgehead atoms. The van der Waals surface area contributed by atoms with Gasteiger partial charge in [-0.2, -0.15) is 0 Å². The normalized spacial score (nSPS) is 20.8. The lowest BCUT2D eigenvalue weighted by molar-refractivity contribution is -0.213. The van der Waals surface area contributed by atoms with Crippen LogP contribution in [0.3, 0.4) is 0 Å². The number of phosphoric ester groups is 3. The van der Waals surface area contributed by atoms with Crippen molar-refractivity contribution in [2.24, 2.45) is 5.84 Å². The highest BCUT2D eigenvalue weighted by molar-refractivity contribution is 7.47. The number of nitrogens with two attached hydrogens (primary N) is 1. The zero-order valence-corrected chi connectivity index (χ0v) is 37.9. The molecule has 1 aliphatic rings. The van der Waals surface area contributed by atoms with Gasteiger partial charge in [0.2, 0.25) is 5.91 Å². The van der Waals surface area contributed by atoms with Crippen LogP contribution in [0.1, 0.15) is 127 Å². The van der Waals surface area contributed by atoms with E-state index in [-0.39, 0.29) is 22.3 Å². The summed E-state index contributed by atoms with van der Waals surface area (Å²) in [5, 5.41) is 31.5. The lowest BCUT2D eigenvalue weighted by atomic mass is 9.85. The predicted molar refractivity (Wildman–Crippen MR) is 238 cm³/mol. The van der Waals surface area contributed by atoms with E-state index >= 15 is 0 Å². The van der Waals surface area contributed by atoms with Crippen molar-refractivity contribution in [2.75, 3.05) is 13.2 Å². The van der Waals surface area contributed by atoms with Gasteiger partial charge in [-0.05, 0) is 48.4 Å². The molecule has 1 saturated carbocycles. The molecule has 0 heterocycles. The van der Waals surface area contributed by atoms with Gasteiger partial charge in [0.05, 0.1) is 6.61 Å². The number of ether oxygens (including phenoxy) is 2. The molecule has 372 valence electrons. The van der Waals surface area contributed by atoms with E-state index in [1.54, 1.807) is 0 Å². The van der Waals surface area contributed by atoms with Crippen LogP contribution < -0.4 is 11.3 Å². The van der Waals surface area contributed by atoms with Gasteiger partial charge >= 0.3 is 35.4 Å². The van der Waals surface area contributed by atoms with Gasteiger partial charge < -0.3 is 49.3 Å². The fraction of sp³-hybridized carbons (Fsp3) is 0.711. The van der Waals surface area contributed by atoms with Crippen LogP contribution in [0.2, 0.25) is 0 Å². The number of terminal acetylenes is 1. The number of aliphatic hydroxyl groups is 3. The summed E-state index contributed by atoms with van der Waals surface area (Å²) >= 11 is 0. The van der Waals surface area contributed by atoms with E-state index in [1.165, 1.54) is 44.9 Å². The fourth-order valence-corrected chi connectivity index (χ4v) is 7.67. The molecular formula is C38H75N2O20P3. The summed E-state index contributed by atoms with van der Waals surface area (Å²) in [4.78, 5) is 82.1. The number of carbonyl (C=O) groups is 3. The quantitative estimate of drug-likeness (QED) is 0.00782. The molecule has 0 aromatic carbocycles. The molecule has 0 saturated heterocycles. The second-order valence-corrected chi connectivity index (χ2v) is 17.6. The average molecular weight is 973 g/mol. The highest BCUT2D eigenvalue weighted by atomic mass is 31.2. The summed E-state index contributed by atoms with van der Waals surface area (Å²) in [6, 6.07) is 0. The molecule has 8 atom stereocenters. The van der Waals surface area contributed by atoms with Gasteiger partial charge in [-0.25, -0.2) is 24.3 Å². The Morgan fingerprint density at radius 1 is 0.651 bits per heavy atom. The number of esters is 2. The topological polar surface area (TPSA) is 358 Å². The minimum atomic E-state index is -5.62. The molecule has 0 aromatic rings. The van der Waals surface area contributed by atoms with Crippen molar-refractivity contribution in [1.29, 1.82) is 0 Å². The molecule has 11 N–H and O–H groups in total. The smallest absolute Gasteiger partial charge is 0.456 e. The maximum absolute atomic E-state index is 12.9. The van der Waals surface area contributed by atoms with Crippen LogP contribution in [0.15, 0.2) is 0 Å². The maximum Gasteiger partial charge on any atom is 0.472 e. The SMILES string of the molecule is C#CC#CC#CC#CC(=O)OC[C@H](COP(=O)(O)OC1C(O)[C@@H](OP(=O)(O)O)C(OP(=O)(O)O)[C@@H](O)[C@H]1O)OC(=O)CCCCCCCCCCCCCCC.CCCC(=O)NN.[HH].[HH].[HH].[HH].[HH].[HH].[HH]. The Bertz CT molecular complexity index is 1800. The van der Waals surface area contributed by atoms with Crippen LogP contribution in [-0.4, -0.2) is 114 Å². The summed E-state index contributed by atoms with van der Waals surface area (Å²) in [6.45, 7) is 2.32. The van der Waals surface area contributed by atoms with Gasteiger partial charge in [-0.3, -0.25) is 33.1 Å². The summed E-state index contributed by atoms with van der Waals surface area (Å²) in [7, 11) is -16.7. The number of phosphoric acid groups is 3. The number of aliphatic hydroxyl groups excluding tert-OH is 3. The fourth-order valence-electron chi connectivity index (χ4n) is 5.58. The number of hydrogen-bond acceptors (Lipinski definition) is 16. The number of amides is 1. The standard InChI is InChI=1S/C34H51O19P3.C4H10N2O.7H2/c1-3-5-7-9-11-12-13-14-15-16-17-19-21-23-28(36)50-26(24-48-27(35)22-20-18-10-8-6-4-2)25-49-56(46,47)53-32-29(37)30(38)33(51-54(40,41)42)34(31(32)39)52-55(43,44)45;1-2-3-4(7)6-5;;;;;;;/h2,26,29-34,37-39H,3,5,7,9,11-17,19,21,23-25H2,1H3,(H,46,47)(H2,40,41,42)(H2,43,44,45);2-3,5H2,1H3,(H,6,7);7*1H/t26-,29-,30+,31?,32?,33?,34-;;;;;;;;/m1......../s1. The minimum Gasteiger partial charge on any atom is -0.456 e. The van der Waals surface area contributed by atoms with E-state index in [0.717, 1.165) is 38.5 Å². The molecule has 22 nitrogen and oxygen atoms in total. The first-order valence-electron chi connectivity index (χ1n) is 20.1. The third-order valence-corrected chi connectivity index (χ3v) is 10.5. The largest absolute Gasteiger partial charge is 0.472 e. The Hall–Kier alpha value is -3.18. The third kappa shape index (κ3) is 30.6. The monoisotopic (exact) mass is 972 g/mol. The highest BCUT2D eigenvalue weighted by Gasteiger charge is 2.56. The van der Waals surface area contributed by atoms with Crippen LogP contribution in [0.4, 0.5) is 0 Å². The van der Waals surface area contributed by atoms with Crippen molar-refractivity contribution in [2.45, 2.75) is 159 Å². The second kappa shape index (κ2) is 33.3. The summed E-state index contributed by atoms with van der Waals surface area (Å²) in [6.07, 6.45) is 3.47. The molecule has 1 fully saturated rings. The Kier molecular flexibility index (Phi) is 31.6. The molecular weight excluding hydrogens is 897 g/mol. The first kappa shape index (κ1) is 59.8. The second-order valence-electron chi connectivity index (χ2n) is 13.8. The van der Waals surface area contributed by atoms with Crippen molar-refractivity contribution in [1.82, 2.24) is 5.43 Å². The van der Waals surface area contributed by atoms with Gasteiger partial charge in [0, 0.05) is 28.7 Å². The lowest BCUT2D eigenvalue weighted by Crippen LogP contribution is -2.65. The molecule has 1 rings (SSSR count). The first-order valence-corrected chi connectivity index (χ1v) is 24.7. The van der Waals surface area contributed by atoms with E-state index in [4.69, 9.17) is 40.6 Å². The van der Waals surface area contributed by atoms with E-state index in [9.17, 15) is 58.1 Å². The Labute approximate surface area is 378 Å². The van der Waals surface area contributed by atoms with Crippen molar-refractivity contribution in [3.63, 3.8) is 0 Å². The highest BCUT2D eigenvalue weighted by Crippen LogP contribution is 2.51. The van der Waals surface area contributed by atoms with Crippen molar-refractivity contribution >= 4 is 41.3 Å². The van der Waals surface area contributed by atoms with Gasteiger partial charge in [0.15, 0.2) is 6.10 Å². The molecule has 0 spiro atoms. The van der Waals surface area contributed by atoms with Crippen LogP contribution >= 0.6 is 23.5 Å². The summed E-state index contributed by atoms with van der Waals surface area (Å²) in [5.41, 5.74) is 2.03. The first-order chi connectivity index (χ1) is 29.6. The summed E-state index contributed by atoms with van der Waals surface area (Å²) < 4.78 is 64.2. The van der Waals surface area contributed by atoms with Crippen molar-refractivity contribution in [3.05, 3.63) is 0 Å². The van der Waals surface area contributed by atoms with E-state index in [1.807, 2.05) is 24.2 Å². The van der Waals surface area contributed by atoms with Gasteiger partial charge in [-0.15, -0.1) is 6.42 Å². The van der Waals surface area contributed by atoms with Gasteiger partial charge in [-0.1, -0.05) is 90.9 Å².